The molecule has 0 saturated carbocycles. The van der Waals surface area contributed by atoms with Gasteiger partial charge in [-0.1, -0.05) is 65.8 Å². The molecule has 1 aliphatic heterocycles. The monoisotopic (exact) mass is 552 g/mol. The second kappa shape index (κ2) is 16.6. The molecule has 1 aromatic rings. The van der Waals surface area contributed by atoms with E-state index in [0.717, 1.165) is 46.1 Å². The van der Waals surface area contributed by atoms with E-state index in [1.807, 2.05) is 31.2 Å². The van der Waals surface area contributed by atoms with Gasteiger partial charge in [0.25, 0.3) is 0 Å². The molecule has 4 atom stereocenters. The van der Waals surface area contributed by atoms with Gasteiger partial charge in [0.05, 0.1) is 12.6 Å². The second-order valence-electron chi connectivity index (χ2n) is 10.9. The minimum atomic E-state index is -0.223. The molecular weight excluding hydrogens is 502 g/mol. The van der Waals surface area contributed by atoms with Crippen LogP contribution in [0.3, 0.4) is 0 Å². The van der Waals surface area contributed by atoms with E-state index in [2.05, 4.69) is 65.5 Å². The highest BCUT2D eigenvalue weighted by molar-refractivity contribution is 7.42. The zero-order chi connectivity index (χ0) is 28.9. The molecule has 0 amide bonds. The quantitative estimate of drug-likeness (QED) is 0.152. The number of halogens is 1. The SMILES string of the molecule is C=CC(C)CCC(C)CC/C(C)=N/C/C=C(/C=c1/c(F)ccc/c1=C/C)C(\PC)=C1/CC(=C)N(C)C(C)CO1. The summed E-state index contributed by atoms with van der Waals surface area (Å²) in [6, 6.07) is 5.48. The maximum absolute atomic E-state index is 15.0. The van der Waals surface area contributed by atoms with E-state index in [-0.39, 0.29) is 11.9 Å². The Labute approximate surface area is 238 Å². The molecule has 5 heteroatoms. The van der Waals surface area contributed by atoms with Gasteiger partial charge in [-0.3, -0.25) is 4.99 Å². The van der Waals surface area contributed by atoms with Gasteiger partial charge < -0.3 is 9.64 Å². The van der Waals surface area contributed by atoms with Gasteiger partial charge in [0.15, 0.2) is 0 Å². The van der Waals surface area contributed by atoms with Crippen LogP contribution in [0.5, 0.6) is 0 Å². The standard InChI is InChI=1S/C34H50FN2OP/c1-10-24(3)15-16-25(4)17-18-26(5)36-20-19-30(22-31-29(11-2)13-12-14-32(31)35)34(39-9)33-21-27(6)37(8)28(7)23-38-33/h10-14,19,22,24-25,28,39H,1,6,15-18,20-21,23H2,2-5,7-9H3/b29-11-,30-19-,31-22+,34-33-,36-26+. The van der Waals surface area contributed by atoms with Gasteiger partial charge in [-0.2, -0.15) is 0 Å². The van der Waals surface area contributed by atoms with Crippen molar-refractivity contribution in [3.05, 3.63) is 82.1 Å². The molecule has 214 valence electrons. The second-order valence-corrected chi connectivity index (χ2v) is 11.9. The molecule has 1 aliphatic rings. The molecule has 0 aliphatic carbocycles. The van der Waals surface area contributed by atoms with Gasteiger partial charge in [0.2, 0.25) is 0 Å². The lowest BCUT2D eigenvalue weighted by molar-refractivity contribution is 0.165. The Morgan fingerprint density at radius 1 is 1.28 bits per heavy atom. The summed E-state index contributed by atoms with van der Waals surface area (Å²) >= 11 is 0. The highest BCUT2D eigenvalue weighted by atomic mass is 31.1. The van der Waals surface area contributed by atoms with Crippen LogP contribution in [0.15, 0.2) is 70.8 Å². The first-order chi connectivity index (χ1) is 18.6. The van der Waals surface area contributed by atoms with Crippen molar-refractivity contribution in [1.82, 2.24) is 4.90 Å². The summed E-state index contributed by atoms with van der Waals surface area (Å²) in [7, 11) is 2.55. The van der Waals surface area contributed by atoms with Gasteiger partial charge in [0, 0.05) is 35.4 Å². The molecule has 0 N–H and O–H groups in total. The normalized spacial score (nSPS) is 21.3. The Hall–Kier alpha value is -2.45. The molecule has 1 heterocycles. The molecule has 4 unspecified atom stereocenters. The van der Waals surface area contributed by atoms with Crippen molar-refractivity contribution < 1.29 is 9.13 Å². The highest BCUT2D eigenvalue weighted by Gasteiger charge is 2.22. The van der Waals surface area contributed by atoms with Crippen molar-refractivity contribution in [2.45, 2.75) is 72.8 Å². The summed E-state index contributed by atoms with van der Waals surface area (Å²) in [4.78, 5) is 7.07. The zero-order valence-corrected chi connectivity index (χ0v) is 26.3. The summed E-state index contributed by atoms with van der Waals surface area (Å²) in [6.07, 6.45) is 13.3. The largest absolute Gasteiger partial charge is 0.495 e. The van der Waals surface area contributed by atoms with Crippen LogP contribution < -0.4 is 10.4 Å². The van der Waals surface area contributed by atoms with Crippen molar-refractivity contribution in [2.75, 3.05) is 26.9 Å². The predicted molar refractivity (Wildman–Crippen MR) is 172 cm³/mol. The minimum absolute atomic E-state index is 0.223. The van der Waals surface area contributed by atoms with Crippen molar-refractivity contribution in [2.24, 2.45) is 16.8 Å². The van der Waals surface area contributed by atoms with Gasteiger partial charge in [0.1, 0.15) is 18.2 Å². The van der Waals surface area contributed by atoms with Crippen LogP contribution in [0.25, 0.3) is 12.2 Å². The van der Waals surface area contributed by atoms with Crippen LogP contribution in [0, 0.1) is 17.7 Å². The fraction of sp³-hybridized carbons (Fsp3) is 0.500. The van der Waals surface area contributed by atoms with Crippen molar-refractivity contribution in [3.8, 4) is 0 Å². The smallest absolute Gasteiger partial charge is 0.131 e. The van der Waals surface area contributed by atoms with Crippen LogP contribution in [0.2, 0.25) is 0 Å². The number of rotatable bonds is 12. The van der Waals surface area contributed by atoms with Crippen LogP contribution in [-0.2, 0) is 4.74 Å². The lowest BCUT2D eigenvalue weighted by Gasteiger charge is -2.24. The van der Waals surface area contributed by atoms with E-state index >= 15 is 4.39 Å². The van der Waals surface area contributed by atoms with Crippen molar-refractivity contribution in [3.63, 3.8) is 0 Å². The summed E-state index contributed by atoms with van der Waals surface area (Å²) < 4.78 is 21.4. The third-order valence-corrected chi connectivity index (χ3v) is 8.79. The van der Waals surface area contributed by atoms with Crippen LogP contribution in [-0.4, -0.2) is 43.5 Å². The van der Waals surface area contributed by atoms with E-state index in [1.165, 1.54) is 18.9 Å². The highest BCUT2D eigenvalue weighted by Crippen LogP contribution is 2.36. The number of ether oxygens (including phenoxy) is 1. The Morgan fingerprint density at radius 2 is 2.03 bits per heavy atom. The molecule has 39 heavy (non-hydrogen) atoms. The summed E-state index contributed by atoms with van der Waals surface area (Å²) in [5, 5.41) is 2.59. The zero-order valence-electron chi connectivity index (χ0n) is 25.3. The Balaban J connectivity index is 2.40. The first kappa shape index (κ1) is 32.8. The third-order valence-electron chi connectivity index (χ3n) is 7.73. The van der Waals surface area contributed by atoms with Gasteiger partial charge in [-0.15, -0.1) is 6.58 Å². The lowest BCUT2D eigenvalue weighted by atomic mass is 9.94. The molecule has 1 saturated heterocycles. The maximum atomic E-state index is 15.0. The lowest BCUT2D eigenvalue weighted by Crippen LogP contribution is -2.29. The average molecular weight is 553 g/mol. The molecule has 0 aromatic heterocycles. The topological polar surface area (TPSA) is 24.8 Å². The molecule has 2 rings (SSSR count). The molecule has 1 aromatic carbocycles. The van der Waals surface area contributed by atoms with Crippen LogP contribution in [0.4, 0.5) is 4.39 Å². The first-order valence-electron chi connectivity index (χ1n) is 14.3. The molecule has 0 spiro atoms. The summed E-state index contributed by atoms with van der Waals surface area (Å²) in [5.41, 5.74) is 3.17. The Morgan fingerprint density at radius 3 is 2.69 bits per heavy atom. The van der Waals surface area contributed by atoms with Crippen LogP contribution >= 0.6 is 8.58 Å². The third kappa shape index (κ3) is 10.2. The number of hydrogen-bond donors (Lipinski definition) is 0. The van der Waals surface area contributed by atoms with Gasteiger partial charge in [-0.25, -0.2) is 4.39 Å². The molecule has 1 fully saturated rings. The fourth-order valence-electron chi connectivity index (χ4n) is 4.60. The van der Waals surface area contributed by atoms with E-state index in [4.69, 9.17) is 9.73 Å². The van der Waals surface area contributed by atoms with E-state index in [1.54, 1.807) is 6.07 Å². The number of allylic oxidation sites excluding steroid dienone is 3. The predicted octanol–water partition coefficient (Wildman–Crippen LogP) is 7.59. The number of benzene rings is 1. The average Bonchev–Trinajstić information content (AvgIpc) is 3.05. The molecule has 3 nitrogen and oxygen atoms in total. The Kier molecular flexibility index (Phi) is 14.0. The fourth-order valence-corrected chi connectivity index (χ4v) is 5.50. The van der Waals surface area contributed by atoms with Crippen LogP contribution in [0.1, 0.15) is 66.7 Å². The first-order valence-corrected chi connectivity index (χ1v) is 15.8. The number of aliphatic imine (C=N–C) groups is 1. The number of hydrogen-bond acceptors (Lipinski definition) is 3. The summed E-state index contributed by atoms with van der Waals surface area (Å²) in [6.45, 7) is 22.3. The number of nitrogens with zero attached hydrogens (tertiary/aromatic N) is 2. The molecule has 0 radical (unpaired) electrons. The number of likely N-dealkylation sites (N-methyl/N-ethyl adjacent to an activating group) is 1. The van der Waals surface area contributed by atoms with Crippen molar-refractivity contribution in [1.29, 1.82) is 0 Å². The Bertz CT molecular complexity index is 1200. The van der Waals surface area contributed by atoms with Crippen molar-refractivity contribution >= 4 is 26.4 Å². The van der Waals surface area contributed by atoms with E-state index < -0.39 is 0 Å². The molecular formula is C34H50FN2OP. The van der Waals surface area contributed by atoms with E-state index in [9.17, 15) is 0 Å². The molecule has 0 bridgehead atoms. The minimum Gasteiger partial charge on any atom is -0.495 e. The van der Waals surface area contributed by atoms with Gasteiger partial charge in [-0.05, 0) is 81.5 Å². The maximum Gasteiger partial charge on any atom is 0.131 e. The van der Waals surface area contributed by atoms with E-state index in [0.29, 0.717) is 45.2 Å². The summed E-state index contributed by atoms with van der Waals surface area (Å²) in [5.74, 6) is 1.95. The van der Waals surface area contributed by atoms with Gasteiger partial charge >= 0.3 is 0 Å².